The Morgan fingerprint density at radius 2 is 1.96 bits per heavy atom. The van der Waals surface area contributed by atoms with Crippen LogP contribution < -0.4 is 5.32 Å². The van der Waals surface area contributed by atoms with Crippen molar-refractivity contribution in [1.29, 1.82) is 0 Å². The van der Waals surface area contributed by atoms with E-state index in [1.165, 1.54) is 0 Å². The molecule has 2 aromatic rings. The van der Waals surface area contributed by atoms with Gasteiger partial charge in [0.05, 0.1) is 5.52 Å². The molecule has 8 heteroatoms. The second-order valence-corrected chi connectivity index (χ2v) is 6.78. The van der Waals surface area contributed by atoms with Crippen LogP contribution in [0.1, 0.15) is 35.0 Å². The van der Waals surface area contributed by atoms with Crippen LogP contribution in [-0.2, 0) is 4.79 Å². The number of amides is 3. The summed E-state index contributed by atoms with van der Waals surface area (Å²) in [6, 6.07) is 5.39. The molecule has 1 aliphatic heterocycles. The minimum Gasteiger partial charge on any atom is -0.350 e. The topological polar surface area (TPSA) is 87.0 Å². The number of imidazole rings is 1. The summed E-state index contributed by atoms with van der Waals surface area (Å²) in [5, 5.41) is 2.85. The number of fused-ring (bicyclic) bond motifs is 1. The maximum Gasteiger partial charge on any atom is 0.290 e. The molecule has 0 saturated carbocycles. The molecule has 1 saturated heterocycles. The van der Waals surface area contributed by atoms with Gasteiger partial charge in [-0.1, -0.05) is 19.9 Å². The van der Waals surface area contributed by atoms with E-state index in [0.717, 1.165) is 6.41 Å². The van der Waals surface area contributed by atoms with Gasteiger partial charge in [0.2, 0.25) is 12.2 Å². The Labute approximate surface area is 151 Å². The highest BCUT2D eigenvalue weighted by Gasteiger charge is 2.27. The number of pyridine rings is 1. The first kappa shape index (κ1) is 17.9. The van der Waals surface area contributed by atoms with Gasteiger partial charge in [-0.15, -0.1) is 0 Å². The van der Waals surface area contributed by atoms with Gasteiger partial charge in [0.1, 0.15) is 0 Å². The largest absolute Gasteiger partial charge is 0.350 e. The zero-order chi connectivity index (χ0) is 18.7. The summed E-state index contributed by atoms with van der Waals surface area (Å²) < 4.78 is 1.65. The Balaban J connectivity index is 1.88. The molecule has 0 unspecified atom stereocenters. The highest BCUT2D eigenvalue weighted by molar-refractivity contribution is 6.02. The molecule has 8 nitrogen and oxygen atoms in total. The summed E-state index contributed by atoms with van der Waals surface area (Å²) >= 11 is 0. The quantitative estimate of drug-likeness (QED) is 0.796. The van der Waals surface area contributed by atoms with Gasteiger partial charge in [-0.2, -0.15) is 0 Å². The highest BCUT2D eigenvalue weighted by Crippen LogP contribution is 2.16. The van der Waals surface area contributed by atoms with Gasteiger partial charge in [-0.25, -0.2) is 4.98 Å². The van der Waals surface area contributed by atoms with Crippen molar-refractivity contribution in [3.63, 3.8) is 0 Å². The molecule has 0 bridgehead atoms. The number of carbonyl (C=O) groups excluding carboxylic acids is 3. The van der Waals surface area contributed by atoms with Crippen LogP contribution in [0.2, 0.25) is 0 Å². The fraction of sp³-hybridized carbons (Fsp3) is 0.444. The van der Waals surface area contributed by atoms with Crippen LogP contribution in [0.25, 0.3) is 5.52 Å². The van der Waals surface area contributed by atoms with Gasteiger partial charge in [0.15, 0.2) is 5.69 Å². The number of piperazine rings is 1. The van der Waals surface area contributed by atoms with Gasteiger partial charge < -0.3 is 15.1 Å². The van der Waals surface area contributed by atoms with Crippen molar-refractivity contribution in [3.05, 3.63) is 35.9 Å². The molecule has 26 heavy (non-hydrogen) atoms. The third kappa shape index (κ3) is 3.54. The summed E-state index contributed by atoms with van der Waals surface area (Å²) in [5.41, 5.74) is 0.852. The molecule has 0 aliphatic carbocycles. The van der Waals surface area contributed by atoms with Gasteiger partial charge >= 0.3 is 0 Å². The monoisotopic (exact) mass is 357 g/mol. The molecule has 0 atom stereocenters. The Kier molecular flexibility index (Phi) is 5.20. The van der Waals surface area contributed by atoms with Gasteiger partial charge in [-0.05, 0) is 18.1 Å². The molecule has 3 rings (SSSR count). The molecule has 0 radical (unpaired) electrons. The summed E-state index contributed by atoms with van der Waals surface area (Å²) in [5.74, 6) is 0.0183. The summed E-state index contributed by atoms with van der Waals surface area (Å²) in [4.78, 5) is 43.9. The van der Waals surface area contributed by atoms with E-state index >= 15 is 0 Å². The minimum atomic E-state index is -0.285. The standard InChI is InChI=1S/C18H23N5O3/c1-13(2)11-19-17(25)15-14-5-3-4-6-23(14)16(20-15)18(26)22-9-7-21(12-24)8-10-22/h3-6,12-13H,7-11H2,1-2H3,(H,19,25). The van der Waals surface area contributed by atoms with Crippen LogP contribution in [0.15, 0.2) is 24.4 Å². The molecule has 3 amide bonds. The lowest BCUT2D eigenvalue weighted by Crippen LogP contribution is -2.48. The summed E-state index contributed by atoms with van der Waals surface area (Å²) in [6.45, 7) is 6.48. The van der Waals surface area contributed by atoms with Crippen LogP contribution in [0.4, 0.5) is 0 Å². The second kappa shape index (κ2) is 7.55. The molecule has 0 aromatic carbocycles. The third-order valence-electron chi connectivity index (χ3n) is 4.38. The molecule has 1 fully saturated rings. The molecule has 138 valence electrons. The Morgan fingerprint density at radius 1 is 1.23 bits per heavy atom. The van der Waals surface area contributed by atoms with Crippen LogP contribution in [0, 0.1) is 5.92 Å². The fourth-order valence-electron chi connectivity index (χ4n) is 2.91. The van der Waals surface area contributed by atoms with Crippen molar-refractivity contribution < 1.29 is 14.4 Å². The molecular formula is C18H23N5O3. The van der Waals surface area contributed by atoms with Crippen molar-refractivity contribution in [2.75, 3.05) is 32.7 Å². The van der Waals surface area contributed by atoms with E-state index in [2.05, 4.69) is 10.3 Å². The molecule has 1 N–H and O–H groups in total. The predicted octanol–water partition coefficient (Wildman–Crippen LogP) is 0.634. The fourth-order valence-corrected chi connectivity index (χ4v) is 2.91. The second-order valence-electron chi connectivity index (χ2n) is 6.78. The number of carbonyl (C=O) groups is 3. The summed E-state index contributed by atoms with van der Waals surface area (Å²) in [6.07, 6.45) is 2.53. The summed E-state index contributed by atoms with van der Waals surface area (Å²) in [7, 11) is 0. The van der Waals surface area contributed by atoms with E-state index in [0.29, 0.717) is 44.2 Å². The maximum atomic E-state index is 12.9. The Hall–Kier alpha value is -2.90. The lowest BCUT2D eigenvalue weighted by molar-refractivity contribution is -0.119. The Bertz CT molecular complexity index is 821. The first-order chi connectivity index (χ1) is 12.5. The van der Waals surface area contributed by atoms with E-state index in [4.69, 9.17) is 0 Å². The Morgan fingerprint density at radius 3 is 2.62 bits per heavy atom. The van der Waals surface area contributed by atoms with Crippen molar-refractivity contribution in [2.45, 2.75) is 13.8 Å². The van der Waals surface area contributed by atoms with E-state index in [9.17, 15) is 14.4 Å². The number of hydrogen-bond donors (Lipinski definition) is 1. The number of nitrogens with one attached hydrogen (secondary N) is 1. The van der Waals surface area contributed by atoms with E-state index in [-0.39, 0.29) is 23.3 Å². The van der Waals surface area contributed by atoms with Crippen molar-refractivity contribution >= 4 is 23.7 Å². The molecule has 3 heterocycles. The molecule has 2 aromatic heterocycles. The average molecular weight is 357 g/mol. The number of nitrogens with zero attached hydrogens (tertiary/aromatic N) is 4. The highest BCUT2D eigenvalue weighted by atomic mass is 16.2. The molecular weight excluding hydrogens is 334 g/mol. The van der Waals surface area contributed by atoms with Crippen LogP contribution in [0.5, 0.6) is 0 Å². The first-order valence-electron chi connectivity index (χ1n) is 8.75. The van der Waals surface area contributed by atoms with Crippen molar-refractivity contribution in [3.8, 4) is 0 Å². The third-order valence-corrected chi connectivity index (χ3v) is 4.38. The smallest absolute Gasteiger partial charge is 0.290 e. The van der Waals surface area contributed by atoms with E-state index < -0.39 is 0 Å². The van der Waals surface area contributed by atoms with Crippen molar-refractivity contribution in [2.24, 2.45) is 5.92 Å². The zero-order valence-electron chi connectivity index (χ0n) is 15.0. The van der Waals surface area contributed by atoms with Crippen LogP contribution in [0.3, 0.4) is 0 Å². The normalized spacial score (nSPS) is 14.7. The zero-order valence-corrected chi connectivity index (χ0v) is 15.0. The van der Waals surface area contributed by atoms with Crippen LogP contribution >= 0.6 is 0 Å². The number of rotatable bonds is 5. The lowest BCUT2D eigenvalue weighted by atomic mass is 10.2. The molecule has 0 spiro atoms. The van der Waals surface area contributed by atoms with Gasteiger partial charge in [-0.3, -0.25) is 18.8 Å². The van der Waals surface area contributed by atoms with Crippen LogP contribution in [-0.4, -0.2) is 70.1 Å². The van der Waals surface area contributed by atoms with Gasteiger partial charge in [0, 0.05) is 38.9 Å². The number of aromatic nitrogens is 2. The predicted molar refractivity (Wildman–Crippen MR) is 95.9 cm³/mol. The maximum absolute atomic E-state index is 12.9. The molecule has 1 aliphatic rings. The number of hydrogen-bond acceptors (Lipinski definition) is 4. The minimum absolute atomic E-state index is 0.217. The van der Waals surface area contributed by atoms with Gasteiger partial charge in [0.25, 0.3) is 11.8 Å². The SMILES string of the molecule is CC(C)CNC(=O)c1nc(C(=O)N2CCN(C=O)CC2)n2ccccc12. The average Bonchev–Trinajstić information content (AvgIpc) is 3.05. The van der Waals surface area contributed by atoms with E-state index in [1.807, 2.05) is 19.9 Å². The van der Waals surface area contributed by atoms with E-state index in [1.54, 1.807) is 32.5 Å². The van der Waals surface area contributed by atoms with Crippen molar-refractivity contribution in [1.82, 2.24) is 24.5 Å². The first-order valence-corrected chi connectivity index (χ1v) is 8.75. The lowest BCUT2D eigenvalue weighted by Gasteiger charge is -2.32.